The summed E-state index contributed by atoms with van der Waals surface area (Å²) in [5.41, 5.74) is 1.68. The zero-order valence-electron chi connectivity index (χ0n) is 14.3. The van der Waals surface area contributed by atoms with Crippen LogP contribution >= 0.6 is 0 Å². The lowest BCUT2D eigenvalue weighted by molar-refractivity contribution is -0.125. The number of nitrogens with zero attached hydrogens (tertiary/aromatic N) is 4. The third kappa shape index (κ3) is 3.37. The molecule has 1 aliphatic rings. The molecule has 3 aromatic rings. The van der Waals surface area contributed by atoms with Crippen molar-refractivity contribution in [1.82, 2.24) is 19.9 Å². The SMILES string of the molecule is O=C(NCc1ccc(F)cc1)[C@H]1CCCN(c2nnc3ccccn23)C1. The minimum Gasteiger partial charge on any atom is -0.352 e. The monoisotopic (exact) mass is 353 g/mol. The van der Waals surface area contributed by atoms with Gasteiger partial charge in [-0.25, -0.2) is 4.39 Å². The summed E-state index contributed by atoms with van der Waals surface area (Å²) in [6.07, 6.45) is 3.71. The van der Waals surface area contributed by atoms with E-state index in [1.54, 1.807) is 12.1 Å². The summed E-state index contributed by atoms with van der Waals surface area (Å²) in [7, 11) is 0. The van der Waals surface area contributed by atoms with E-state index in [-0.39, 0.29) is 17.6 Å². The first kappa shape index (κ1) is 16.5. The molecule has 1 atom stereocenters. The van der Waals surface area contributed by atoms with Crippen LogP contribution in [0.3, 0.4) is 0 Å². The summed E-state index contributed by atoms with van der Waals surface area (Å²) in [6.45, 7) is 1.88. The first-order valence-corrected chi connectivity index (χ1v) is 8.77. The van der Waals surface area contributed by atoms with Gasteiger partial charge in [-0.3, -0.25) is 9.20 Å². The minimum atomic E-state index is -0.275. The molecule has 1 aromatic carbocycles. The number of amides is 1. The fourth-order valence-corrected chi connectivity index (χ4v) is 3.35. The maximum absolute atomic E-state index is 13.0. The molecule has 1 saturated heterocycles. The Hall–Kier alpha value is -2.96. The first-order chi connectivity index (χ1) is 12.7. The van der Waals surface area contributed by atoms with Crippen LogP contribution < -0.4 is 10.2 Å². The van der Waals surface area contributed by atoms with Gasteiger partial charge in [-0.1, -0.05) is 18.2 Å². The number of aromatic nitrogens is 3. The van der Waals surface area contributed by atoms with Gasteiger partial charge in [-0.15, -0.1) is 10.2 Å². The van der Waals surface area contributed by atoms with Gasteiger partial charge in [0, 0.05) is 25.8 Å². The Labute approximate surface area is 150 Å². The summed E-state index contributed by atoms with van der Waals surface area (Å²) < 4.78 is 14.9. The average Bonchev–Trinajstić information content (AvgIpc) is 3.11. The summed E-state index contributed by atoms with van der Waals surface area (Å²) in [6, 6.07) is 12.0. The first-order valence-electron chi connectivity index (χ1n) is 8.77. The summed E-state index contributed by atoms with van der Waals surface area (Å²) in [5, 5.41) is 11.4. The molecule has 0 aliphatic carbocycles. The quantitative estimate of drug-likeness (QED) is 0.782. The molecular formula is C19H20FN5O. The second kappa shape index (κ2) is 7.11. The lowest BCUT2D eigenvalue weighted by Gasteiger charge is -2.32. The van der Waals surface area contributed by atoms with E-state index in [4.69, 9.17) is 0 Å². The number of halogens is 1. The van der Waals surface area contributed by atoms with Crippen molar-refractivity contribution in [2.24, 2.45) is 5.92 Å². The van der Waals surface area contributed by atoms with E-state index >= 15 is 0 Å². The Balaban J connectivity index is 1.41. The second-order valence-electron chi connectivity index (χ2n) is 6.56. The van der Waals surface area contributed by atoms with E-state index in [0.29, 0.717) is 13.1 Å². The van der Waals surface area contributed by atoms with Crippen molar-refractivity contribution < 1.29 is 9.18 Å². The number of pyridine rings is 1. The number of carbonyl (C=O) groups excluding carboxylic acids is 1. The van der Waals surface area contributed by atoms with Crippen LogP contribution in [0.1, 0.15) is 18.4 Å². The summed E-state index contributed by atoms with van der Waals surface area (Å²) in [5.74, 6) is 0.424. The lowest BCUT2D eigenvalue weighted by Crippen LogP contribution is -2.43. The minimum absolute atomic E-state index is 0.0212. The number of hydrogen-bond acceptors (Lipinski definition) is 4. The van der Waals surface area contributed by atoms with Gasteiger partial charge in [0.25, 0.3) is 0 Å². The molecule has 0 spiro atoms. The normalized spacial score (nSPS) is 17.4. The van der Waals surface area contributed by atoms with Gasteiger partial charge in [0.15, 0.2) is 5.65 Å². The van der Waals surface area contributed by atoms with Crippen molar-refractivity contribution in [2.75, 3.05) is 18.0 Å². The number of fused-ring (bicyclic) bond motifs is 1. The number of hydrogen-bond donors (Lipinski definition) is 1. The fourth-order valence-electron chi connectivity index (χ4n) is 3.35. The molecule has 1 fully saturated rings. The van der Waals surface area contributed by atoms with Gasteiger partial charge in [-0.05, 0) is 42.7 Å². The molecule has 134 valence electrons. The molecule has 4 rings (SSSR count). The number of benzene rings is 1. The largest absolute Gasteiger partial charge is 0.352 e. The highest BCUT2D eigenvalue weighted by molar-refractivity contribution is 5.79. The van der Waals surface area contributed by atoms with Crippen LogP contribution in [0, 0.1) is 11.7 Å². The fraction of sp³-hybridized carbons (Fsp3) is 0.316. The van der Waals surface area contributed by atoms with Crippen molar-refractivity contribution in [1.29, 1.82) is 0 Å². The van der Waals surface area contributed by atoms with Crippen LogP contribution in [0.25, 0.3) is 5.65 Å². The van der Waals surface area contributed by atoms with Crippen LogP contribution in [0.15, 0.2) is 48.7 Å². The average molecular weight is 353 g/mol. The Bertz CT molecular complexity index is 908. The third-order valence-corrected chi connectivity index (χ3v) is 4.75. The molecule has 3 heterocycles. The van der Waals surface area contributed by atoms with E-state index in [0.717, 1.165) is 36.5 Å². The second-order valence-corrected chi connectivity index (χ2v) is 6.56. The molecule has 0 radical (unpaired) electrons. The highest BCUT2D eigenvalue weighted by Gasteiger charge is 2.27. The lowest BCUT2D eigenvalue weighted by atomic mass is 9.97. The molecule has 26 heavy (non-hydrogen) atoms. The molecule has 0 bridgehead atoms. The number of rotatable bonds is 4. The maximum Gasteiger partial charge on any atom is 0.231 e. The molecule has 1 amide bonds. The van der Waals surface area contributed by atoms with Gasteiger partial charge in [0.05, 0.1) is 5.92 Å². The Morgan fingerprint density at radius 1 is 1.19 bits per heavy atom. The maximum atomic E-state index is 13.0. The predicted octanol–water partition coefficient (Wildman–Crippen LogP) is 2.40. The van der Waals surface area contributed by atoms with Crippen LogP contribution in [-0.2, 0) is 11.3 Å². The van der Waals surface area contributed by atoms with Gasteiger partial charge in [-0.2, -0.15) is 0 Å². The van der Waals surface area contributed by atoms with Crippen molar-refractivity contribution in [2.45, 2.75) is 19.4 Å². The van der Waals surface area contributed by atoms with Crippen LogP contribution in [0.5, 0.6) is 0 Å². The third-order valence-electron chi connectivity index (χ3n) is 4.75. The van der Waals surface area contributed by atoms with E-state index in [9.17, 15) is 9.18 Å². The molecule has 7 heteroatoms. The topological polar surface area (TPSA) is 62.5 Å². The van der Waals surface area contributed by atoms with Gasteiger partial charge >= 0.3 is 0 Å². The summed E-state index contributed by atoms with van der Waals surface area (Å²) in [4.78, 5) is 14.7. The molecular weight excluding hydrogens is 333 g/mol. The van der Waals surface area contributed by atoms with Crippen LogP contribution in [0.2, 0.25) is 0 Å². The van der Waals surface area contributed by atoms with Crippen molar-refractivity contribution in [3.63, 3.8) is 0 Å². The van der Waals surface area contributed by atoms with E-state index in [2.05, 4.69) is 20.4 Å². The molecule has 0 unspecified atom stereocenters. The van der Waals surface area contributed by atoms with Crippen molar-refractivity contribution in [3.8, 4) is 0 Å². The number of nitrogens with one attached hydrogen (secondary N) is 1. The predicted molar refractivity (Wildman–Crippen MR) is 96.2 cm³/mol. The van der Waals surface area contributed by atoms with Crippen molar-refractivity contribution >= 4 is 17.5 Å². The molecule has 2 aromatic heterocycles. The number of carbonyl (C=O) groups is 1. The summed E-state index contributed by atoms with van der Waals surface area (Å²) >= 11 is 0. The molecule has 6 nitrogen and oxygen atoms in total. The molecule has 1 aliphatic heterocycles. The van der Waals surface area contributed by atoms with Crippen LogP contribution in [-0.4, -0.2) is 33.6 Å². The standard InChI is InChI=1S/C19H20FN5O/c20-16-8-6-14(7-9-16)12-21-18(26)15-4-3-10-24(13-15)19-23-22-17-5-1-2-11-25(17)19/h1-2,5-9,11,15H,3-4,10,12-13H2,(H,21,26)/t15-/m0/s1. The molecule has 0 saturated carbocycles. The number of anilines is 1. The smallest absolute Gasteiger partial charge is 0.231 e. The zero-order valence-corrected chi connectivity index (χ0v) is 14.3. The van der Waals surface area contributed by atoms with Gasteiger partial charge in [0.1, 0.15) is 5.82 Å². The van der Waals surface area contributed by atoms with E-state index in [1.165, 1.54) is 12.1 Å². The van der Waals surface area contributed by atoms with E-state index < -0.39 is 0 Å². The zero-order chi connectivity index (χ0) is 17.9. The molecule has 1 N–H and O–H groups in total. The number of piperidine rings is 1. The Morgan fingerprint density at radius 2 is 2.04 bits per heavy atom. The highest BCUT2D eigenvalue weighted by atomic mass is 19.1. The van der Waals surface area contributed by atoms with Crippen molar-refractivity contribution in [3.05, 3.63) is 60.0 Å². The Morgan fingerprint density at radius 3 is 2.88 bits per heavy atom. The highest BCUT2D eigenvalue weighted by Crippen LogP contribution is 2.22. The van der Waals surface area contributed by atoms with Gasteiger partial charge < -0.3 is 10.2 Å². The van der Waals surface area contributed by atoms with Gasteiger partial charge in [0.2, 0.25) is 11.9 Å². The Kier molecular flexibility index (Phi) is 4.51. The van der Waals surface area contributed by atoms with E-state index in [1.807, 2.05) is 28.8 Å². The van der Waals surface area contributed by atoms with Crippen LogP contribution in [0.4, 0.5) is 10.3 Å².